The smallest absolute Gasteiger partial charge is 0.342 e. The lowest BCUT2D eigenvalue weighted by Gasteiger charge is -2.13. The van der Waals surface area contributed by atoms with Gasteiger partial charge >= 0.3 is 5.97 Å². The molecule has 4 rings (SSSR count). The minimum atomic E-state index is -0.755. The summed E-state index contributed by atoms with van der Waals surface area (Å²) in [5.41, 5.74) is 1.11. The minimum Gasteiger partial charge on any atom is -0.454 e. The molecule has 2 aliphatic rings. The number of carbonyl (C=O) groups is 1. The van der Waals surface area contributed by atoms with Crippen LogP contribution in [0.1, 0.15) is 22.2 Å². The van der Waals surface area contributed by atoms with Crippen LogP contribution in [0.4, 0.5) is 0 Å². The Labute approximate surface area is 114 Å². The Kier molecular flexibility index (Phi) is 2.32. The normalized spacial score (nSPS) is 18.6. The lowest BCUT2D eigenvalue weighted by atomic mass is 10.1. The Morgan fingerprint density at radius 2 is 1.80 bits per heavy atom. The van der Waals surface area contributed by atoms with E-state index in [1.807, 2.05) is 18.2 Å². The maximum Gasteiger partial charge on any atom is 0.342 e. The van der Waals surface area contributed by atoms with Gasteiger partial charge in [-0.2, -0.15) is 0 Å². The number of fused-ring (bicyclic) bond motifs is 2. The summed E-state index contributed by atoms with van der Waals surface area (Å²) in [5.74, 6) is 1.37. The highest BCUT2D eigenvalue weighted by Crippen LogP contribution is 2.41. The lowest BCUT2D eigenvalue weighted by molar-refractivity contribution is -0.0382. The quantitative estimate of drug-likeness (QED) is 0.785. The molecule has 2 aliphatic heterocycles. The van der Waals surface area contributed by atoms with Crippen LogP contribution < -0.4 is 14.2 Å². The first-order valence-electron chi connectivity index (χ1n) is 6.17. The van der Waals surface area contributed by atoms with Crippen LogP contribution in [-0.2, 0) is 4.74 Å². The summed E-state index contributed by atoms with van der Waals surface area (Å²) in [6.45, 7) is 0.164. The lowest BCUT2D eigenvalue weighted by Crippen LogP contribution is -2.07. The first kappa shape index (κ1) is 11.2. The van der Waals surface area contributed by atoms with E-state index in [9.17, 15) is 4.79 Å². The van der Waals surface area contributed by atoms with Crippen molar-refractivity contribution >= 4 is 5.97 Å². The van der Waals surface area contributed by atoms with E-state index in [4.69, 9.17) is 18.9 Å². The monoisotopic (exact) mass is 270 g/mol. The molecule has 2 heterocycles. The molecule has 0 N–H and O–H groups in total. The van der Waals surface area contributed by atoms with Crippen LogP contribution in [0.3, 0.4) is 0 Å². The van der Waals surface area contributed by atoms with Gasteiger partial charge < -0.3 is 18.9 Å². The van der Waals surface area contributed by atoms with Gasteiger partial charge in [-0.25, -0.2) is 4.79 Å². The van der Waals surface area contributed by atoms with E-state index in [1.54, 1.807) is 24.3 Å². The summed E-state index contributed by atoms with van der Waals surface area (Å²) in [7, 11) is 0. The van der Waals surface area contributed by atoms with Gasteiger partial charge in [0.15, 0.2) is 11.5 Å². The summed E-state index contributed by atoms with van der Waals surface area (Å²) in [4.78, 5) is 11.9. The second kappa shape index (κ2) is 4.16. The molecule has 2 aromatic rings. The number of ether oxygens (including phenoxy) is 4. The second-order valence-electron chi connectivity index (χ2n) is 4.46. The highest BCUT2D eigenvalue weighted by Gasteiger charge is 2.35. The van der Waals surface area contributed by atoms with Crippen molar-refractivity contribution in [3.8, 4) is 17.2 Å². The van der Waals surface area contributed by atoms with Crippen LogP contribution in [-0.4, -0.2) is 12.8 Å². The molecule has 0 unspecified atom stereocenters. The summed E-state index contributed by atoms with van der Waals surface area (Å²) in [5, 5.41) is 0. The number of benzene rings is 2. The van der Waals surface area contributed by atoms with Gasteiger partial charge in [0.1, 0.15) is 5.75 Å². The summed E-state index contributed by atoms with van der Waals surface area (Å²) >= 11 is 0. The van der Waals surface area contributed by atoms with Crippen molar-refractivity contribution in [3.63, 3.8) is 0 Å². The van der Waals surface area contributed by atoms with Crippen molar-refractivity contribution in [3.05, 3.63) is 53.6 Å². The van der Waals surface area contributed by atoms with Gasteiger partial charge in [0, 0.05) is 0 Å². The Morgan fingerprint density at radius 1 is 1.05 bits per heavy atom. The van der Waals surface area contributed by atoms with E-state index in [0.29, 0.717) is 28.4 Å². The van der Waals surface area contributed by atoms with Crippen LogP contribution in [0.2, 0.25) is 0 Å². The molecular formula is C15H10O5. The van der Waals surface area contributed by atoms with Gasteiger partial charge in [0.2, 0.25) is 6.79 Å². The summed E-state index contributed by atoms with van der Waals surface area (Å²) < 4.78 is 21.5. The molecule has 0 bridgehead atoms. The van der Waals surface area contributed by atoms with Crippen LogP contribution in [0, 0.1) is 0 Å². The number of para-hydroxylation sites is 1. The fourth-order valence-electron chi connectivity index (χ4n) is 2.26. The first-order valence-corrected chi connectivity index (χ1v) is 6.17. The van der Waals surface area contributed by atoms with Crippen molar-refractivity contribution in [2.24, 2.45) is 0 Å². The molecule has 5 heteroatoms. The molecule has 0 amide bonds. The fraction of sp³-hybridized carbons (Fsp3) is 0.133. The Bertz CT molecular complexity index is 680. The zero-order valence-corrected chi connectivity index (χ0v) is 10.4. The molecule has 0 radical (unpaired) electrons. The summed E-state index contributed by atoms with van der Waals surface area (Å²) in [6, 6.07) is 12.6. The highest BCUT2D eigenvalue weighted by atomic mass is 16.7. The van der Waals surface area contributed by atoms with Crippen LogP contribution in [0.25, 0.3) is 0 Å². The predicted molar refractivity (Wildman–Crippen MR) is 67.8 cm³/mol. The fourth-order valence-corrected chi connectivity index (χ4v) is 2.26. The average molecular weight is 270 g/mol. The maximum atomic E-state index is 11.9. The van der Waals surface area contributed by atoms with Gasteiger partial charge in [-0.15, -0.1) is 0 Å². The number of carbonyl (C=O) groups excluding carboxylic acids is 1. The first-order chi connectivity index (χ1) is 9.81. The molecule has 1 atom stereocenters. The zero-order chi connectivity index (χ0) is 13.5. The topological polar surface area (TPSA) is 54.0 Å². The van der Waals surface area contributed by atoms with Gasteiger partial charge in [-0.05, 0) is 24.3 Å². The summed E-state index contributed by atoms with van der Waals surface area (Å²) in [6.07, 6.45) is -0.755. The number of hydrogen-bond donors (Lipinski definition) is 0. The Hall–Kier alpha value is -2.69. The van der Waals surface area contributed by atoms with E-state index >= 15 is 0 Å². The van der Waals surface area contributed by atoms with Crippen LogP contribution >= 0.6 is 0 Å². The average Bonchev–Trinajstić information content (AvgIpc) is 3.04. The largest absolute Gasteiger partial charge is 0.454 e. The molecule has 0 aliphatic carbocycles. The van der Waals surface area contributed by atoms with Gasteiger partial charge in [0.05, 0.1) is 11.1 Å². The van der Waals surface area contributed by atoms with Crippen molar-refractivity contribution in [1.29, 1.82) is 0 Å². The zero-order valence-electron chi connectivity index (χ0n) is 10.4. The standard InChI is InChI=1S/C15H10O5/c16-14-10-6-12-13(18-8-17-12)7-11(10)15(20-14)19-9-4-2-1-3-5-9/h1-7,15H,8H2/t15-/m1/s1. The molecule has 0 aromatic heterocycles. The third-order valence-electron chi connectivity index (χ3n) is 3.22. The van der Waals surface area contributed by atoms with E-state index in [1.165, 1.54) is 0 Å². The molecular weight excluding hydrogens is 260 g/mol. The molecule has 100 valence electrons. The van der Waals surface area contributed by atoms with Gasteiger partial charge in [-0.3, -0.25) is 0 Å². The van der Waals surface area contributed by atoms with Crippen molar-refractivity contribution in [2.75, 3.05) is 6.79 Å². The van der Waals surface area contributed by atoms with Gasteiger partial charge in [0.25, 0.3) is 6.29 Å². The van der Waals surface area contributed by atoms with Crippen molar-refractivity contribution in [1.82, 2.24) is 0 Å². The number of hydrogen-bond acceptors (Lipinski definition) is 5. The van der Waals surface area contributed by atoms with E-state index in [0.717, 1.165) is 0 Å². The second-order valence-corrected chi connectivity index (χ2v) is 4.46. The molecule has 20 heavy (non-hydrogen) atoms. The van der Waals surface area contributed by atoms with Crippen molar-refractivity contribution in [2.45, 2.75) is 6.29 Å². The minimum absolute atomic E-state index is 0.164. The molecule has 0 spiro atoms. The molecule has 0 saturated heterocycles. The number of cyclic esters (lactones) is 1. The third-order valence-corrected chi connectivity index (χ3v) is 3.22. The van der Waals surface area contributed by atoms with Crippen molar-refractivity contribution < 1.29 is 23.7 Å². The van der Waals surface area contributed by atoms with Crippen LogP contribution in [0.5, 0.6) is 17.2 Å². The van der Waals surface area contributed by atoms with E-state index in [2.05, 4.69) is 0 Å². The SMILES string of the molecule is O=C1O[C@@H](Oc2ccccc2)c2cc3c(cc21)OCO3. The number of esters is 1. The maximum absolute atomic E-state index is 11.9. The molecule has 2 aromatic carbocycles. The molecule has 0 saturated carbocycles. The number of rotatable bonds is 2. The Balaban J connectivity index is 1.71. The van der Waals surface area contributed by atoms with E-state index < -0.39 is 12.3 Å². The third kappa shape index (κ3) is 1.67. The molecule has 0 fully saturated rings. The van der Waals surface area contributed by atoms with Gasteiger partial charge in [-0.1, -0.05) is 18.2 Å². The van der Waals surface area contributed by atoms with Crippen LogP contribution in [0.15, 0.2) is 42.5 Å². The predicted octanol–water partition coefficient (Wildman–Crippen LogP) is 2.66. The van der Waals surface area contributed by atoms with E-state index in [-0.39, 0.29) is 6.79 Å². The highest BCUT2D eigenvalue weighted by molar-refractivity contribution is 5.94. The molecule has 5 nitrogen and oxygen atoms in total. The Morgan fingerprint density at radius 3 is 2.60 bits per heavy atom.